The van der Waals surface area contributed by atoms with Crippen molar-refractivity contribution in [3.8, 4) is 0 Å². The maximum absolute atomic E-state index is 5.51. The molecule has 3 nitrogen and oxygen atoms in total. The molecule has 0 aliphatic carbocycles. The third-order valence-corrected chi connectivity index (χ3v) is 3.50. The second-order valence-corrected chi connectivity index (χ2v) is 4.46. The summed E-state index contributed by atoms with van der Waals surface area (Å²) in [4.78, 5) is 5.18. The lowest BCUT2D eigenvalue weighted by atomic mass is 10.2. The molecule has 1 heterocycles. The second kappa shape index (κ2) is 7.20. The van der Waals surface area contributed by atoms with Crippen molar-refractivity contribution in [2.24, 2.45) is 5.73 Å². The van der Waals surface area contributed by atoms with Gasteiger partial charge in [-0.2, -0.15) is 0 Å². The summed E-state index contributed by atoms with van der Waals surface area (Å²) in [6.45, 7) is 11.6. The molecule has 0 bridgehead atoms. The van der Waals surface area contributed by atoms with Crippen LogP contribution in [0.25, 0.3) is 0 Å². The first-order valence-corrected chi connectivity index (χ1v) is 6.48. The Labute approximate surface area is 94.6 Å². The highest BCUT2D eigenvalue weighted by Gasteiger charge is 2.25. The Morgan fingerprint density at radius 1 is 1.27 bits per heavy atom. The van der Waals surface area contributed by atoms with Crippen molar-refractivity contribution >= 4 is 0 Å². The molecule has 3 heteroatoms. The summed E-state index contributed by atoms with van der Waals surface area (Å²) in [5.74, 6) is 0. The Kier molecular flexibility index (Phi) is 6.22. The van der Waals surface area contributed by atoms with E-state index >= 15 is 0 Å². The zero-order valence-corrected chi connectivity index (χ0v) is 10.4. The molecule has 1 aliphatic rings. The molecule has 2 N–H and O–H groups in total. The smallest absolute Gasteiger partial charge is 0.0235 e. The summed E-state index contributed by atoms with van der Waals surface area (Å²) in [6, 6.07) is 0.804. The van der Waals surface area contributed by atoms with Crippen molar-refractivity contribution in [3.05, 3.63) is 0 Å². The molecule has 1 rings (SSSR count). The van der Waals surface area contributed by atoms with Crippen molar-refractivity contribution in [3.63, 3.8) is 0 Å². The van der Waals surface area contributed by atoms with Crippen molar-refractivity contribution in [1.82, 2.24) is 9.80 Å². The van der Waals surface area contributed by atoms with Crippen LogP contribution in [0.4, 0.5) is 0 Å². The van der Waals surface area contributed by atoms with E-state index in [9.17, 15) is 0 Å². The maximum Gasteiger partial charge on any atom is 0.0235 e. The number of unbranched alkanes of at least 4 members (excludes halogenated alkanes) is 1. The molecular weight excluding hydrogens is 186 g/mol. The van der Waals surface area contributed by atoms with Crippen LogP contribution in [0.5, 0.6) is 0 Å². The first kappa shape index (κ1) is 12.9. The number of likely N-dealkylation sites (N-methyl/N-ethyl adjacent to an activating group) is 1. The fourth-order valence-electron chi connectivity index (χ4n) is 2.53. The number of rotatable bonds is 7. The van der Waals surface area contributed by atoms with Crippen LogP contribution in [0.15, 0.2) is 0 Å². The lowest BCUT2D eigenvalue weighted by Crippen LogP contribution is -2.37. The van der Waals surface area contributed by atoms with E-state index in [2.05, 4.69) is 23.6 Å². The predicted octanol–water partition coefficient (Wildman–Crippen LogP) is 1.14. The van der Waals surface area contributed by atoms with Gasteiger partial charge >= 0.3 is 0 Å². The van der Waals surface area contributed by atoms with Gasteiger partial charge in [-0.3, -0.25) is 4.90 Å². The molecule has 1 fully saturated rings. The van der Waals surface area contributed by atoms with Gasteiger partial charge in [0.15, 0.2) is 0 Å². The minimum atomic E-state index is 0.804. The maximum atomic E-state index is 5.51. The molecular formula is C12H27N3. The highest BCUT2D eigenvalue weighted by atomic mass is 15.2. The summed E-state index contributed by atoms with van der Waals surface area (Å²) in [5.41, 5.74) is 5.51. The fourth-order valence-corrected chi connectivity index (χ4v) is 2.53. The molecule has 0 aromatic rings. The Balaban J connectivity index is 2.19. The fraction of sp³-hybridized carbons (Fsp3) is 1.00. The van der Waals surface area contributed by atoms with E-state index < -0.39 is 0 Å². The van der Waals surface area contributed by atoms with Gasteiger partial charge in [0.1, 0.15) is 0 Å². The number of hydrogen-bond acceptors (Lipinski definition) is 3. The Morgan fingerprint density at radius 2 is 2.00 bits per heavy atom. The van der Waals surface area contributed by atoms with Gasteiger partial charge in [0.2, 0.25) is 0 Å². The molecule has 0 radical (unpaired) electrons. The van der Waals surface area contributed by atoms with Crippen molar-refractivity contribution in [1.29, 1.82) is 0 Å². The van der Waals surface area contributed by atoms with Gasteiger partial charge in [0.25, 0.3) is 0 Å². The third-order valence-electron chi connectivity index (χ3n) is 3.50. The van der Waals surface area contributed by atoms with Gasteiger partial charge < -0.3 is 10.6 Å². The number of nitrogens with zero attached hydrogens (tertiary/aromatic N) is 2. The summed E-state index contributed by atoms with van der Waals surface area (Å²) < 4.78 is 0. The van der Waals surface area contributed by atoms with Crippen molar-refractivity contribution in [2.75, 3.05) is 39.3 Å². The van der Waals surface area contributed by atoms with Crippen LogP contribution in [0, 0.1) is 0 Å². The minimum Gasteiger partial charge on any atom is -0.330 e. The SMILES string of the molecule is CCN(CC)C1CCN(CCCCN)C1. The summed E-state index contributed by atoms with van der Waals surface area (Å²) in [5, 5.41) is 0. The van der Waals surface area contributed by atoms with Crippen LogP contribution in [-0.4, -0.2) is 55.1 Å². The topological polar surface area (TPSA) is 32.5 Å². The lowest BCUT2D eigenvalue weighted by molar-refractivity contribution is 0.210. The molecule has 1 atom stereocenters. The average molecular weight is 213 g/mol. The zero-order valence-electron chi connectivity index (χ0n) is 10.4. The molecule has 1 aliphatic heterocycles. The molecule has 90 valence electrons. The molecule has 1 unspecified atom stereocenters. The molecule has 15 heavy (non-hydrogen) atoms. The van der Waals surface area contributed by atoms with E-state index in [1.165, 1.54) is 52.0 Å². The average Bonchev–Trinajstić information content (AvgIpc) is 2.69. The molecule has 0 aromatic heterocycles. The van der Waals surface area contributed by atoms with Crippen molar-refractivity contribution in [2.45, 2.75) is 39.2 Å². The zero-order chi connectivity index (χ0) is 11.1. The normalized spacial score (nSPS) is 22.8. The van der Waals surface area contributed by atoms with E-state index in [0.717, 1.165) is 12.6 Å². The van der Waals surface area contributed by atoms with E-state index in [-0.39, 0.29) is 0 Å². The van der Waals surface area contributed by atoms with Crippen LogP contribution < -0.4 is 5.73 Å². The molecule has 0 spiro atoms. The molecule has 0 aromatic carbocycles. The van der Waals surface area contributed by atoms with Gasteiger partial charge in [-0.15, -0.1) is 0 Å². The number of hydrogen-bond donors (Lipinski definition) is 1. The van der Waals surface area contributed by atoms with Gasteiger partial charge in [-0.05, 0) is 52.0 Å². The molecule has 0 saturated carbocycles. The van der Waals surface area contributed by atoms with Crippen LogP contribution in [-0.2, 0) is 0 Å². The monoisotopic (exact) mass is 213 g/mol. The number of likely N-dealkylation sites (tertiary alicyclic amines) is 1. The van der Waals surface area contributed by atoms with Gasteiger partial charge in [-0.1, -0.05) is 13.8 Å². The Morgan fingerprint density at radius 3 is 2.60 bits per heavy atom. The van der Waals surface area contributed by atoms with E-state index in [1.54, 1.807) is 0 Å². The van der Waals surface area contributed by atoms with Crippen LogP contribution in [0.2, 0.25) is 0 Å². The largest absolute Gasteiger partial charge is 0.330 e. The minimum absolute atomic E-state index is 0.804. The molecule has 0 amide bonds. The third kappa shape index (κ3) is 4.09. The van der Waals surface area contributed by atoms with Crippen molar-refractivity contribution < 1.29 is 0 Å². The quantitative estimate of drug-likeness (QED) is 0.644. The predicted molar refractivity (Wildman–Crippen MR) is 66.1 cm³/mol. The first-order chi connectivity index (χ1) is 7.31. The summed E-state index contributed by atoms with van der Waals surface area (Å²) in [7, 11) is 0. The van der Waals surface area contributed by atoms with E-state index in [4.69, 9.17) is 5.73 Å². The number of nitrogens with two attached hydrogens (primary N) is 1. The standard InChI is InChI=1S/C12H27N3/c1-3-15(4-2)12-7-10-14(11-12)9-6-5-8-13/h12H,3-11,13H2,1-2H3. The van der Waals surface area contributed by atoms with Gasteiger partial charge in [-0.25, -0.2) is 0 Å². The van der Waals surface area contributed by atoms with Gasteiger partial charge in [0.05, 0.1) is 0 Å². The van der Waals surface area contributed by atoms with Crippen LogP contribution in [0.1, 0.15) is 33.1 Å². The van der Waals surface area contributed by atoms with Crippen LogP contribution in [0.3, 0.4) is 0 Å². The summed E-state index contributed by atoms with van der Waals surface area (Å²) in [6.07, 6.45) is 3.79. The highest BCUT2D eigenvalue weighted by molar-refractivity contribution is 4.82. The Hall–Kier alpha value is -0.120. The first-order valence-electron chi connectivity index (χ1n) is 6.48. The lowest BCUT2D eigenvalue weighted by Gasteiger charge is -2.26. The Bertz CT molecular complexity index is 157. The van der Waals surface area contributed by atoms with E-state index in [1.807, 2.05) is 0 Å². The summed E-state index contributed by atoms with van der Waals surface area (Å²) >= 11 is 0. The molecule has 1 saturated heterocycles. The van der Waals surface area contributed by atoms with E-state index in [0.29, 0.717) is 0 Å². The second-order valence-electron chi connectivity index (χ2n) is 4.46. The van der Waals surface area contributed by atoms with Crippen LogP contribution >= 0.6 is 0 Å². The highest BCUT2D eigenvalue weighted by Crippen LogP contribution is 2.15. The van der Waals surface area contributed by atoms with Gasteiger partial charge in [0, 0.05) is 12.6 Å².